The quantitative estimate of drug-likeness (QED) is 0.466. The molecule has 40 heavy (non-hydrogen) atoms. The van der Waals surface area contributed by atoms with Crippen molar-refractivity contribution in [3.05, 3.63) is 72.8 Å². The topological polar surface area (TPSA) is 118 Å². The maximum atomic E-state index is 13.2. The summed E-state index contributed by atoms with van der Waals surface area (Å²) >= 11 is 0. The molecule has 212 valence electrons. The summed E-state index contributed by atoms with van der Waals surface area (Å²) in [5, 5.41) is 11.6. The number of alkyl halides is 3. The summed E-state index contributed by atoms with van der Waals surface area (Å²) in [6.45, 7) is -0.245. The molecule has 1 saturated heterocycles. The highest BCUT2D eigenvalue weighted by molar-refractivity contribution is 7.89. The van der Waals surface area contributed by atoms with Crippen LogP contribution in [0.1, 0.15) is 0 Å². The summed E-state index contributed by atoms with van der Waals surface area (Å²) in [7, 11) is -3.17. The number of sulfonamides is 1. The number of aliphatic hydroxyl groups is 1. The van der Waals surface area contributed by atoms with E-state index < -0.39 is 46.4 Å². The van der Waals surface area contributed by atoms with Gasteiger partial charge in [0.25, 0.3) is 0 Å². The molecule has 0 bridgehead atoms. The number of carbonyl (C=O) groups is 1. The predicted octanol–water partition coefficient (Wildman–Crippen LogP) is 3.99. The number of rotatable bonds is 5. The van der Waals surface area contributed by atoms with Crippen LogP contribution >= 0.6 is 0 Å². The molecule has 3 aromatic carbocycles. The van der Waals surface area contributed by atoms with Gasteiger partial charge in [-0.2, -0.15) is 0 Å². The summed E-state index contributed by atoms with van der Waals surface area (Å²) in [6.07, 6.45) is -7.01. The van der Waals surface area contributed by atoms with E-state index in [1.165, 1.54) is 12.0 Å². The van der Waals surface area contributed by atoms with E-state index in [4.69, 9.17) is 9.47 Å². The van der Waals surface area contributed by atoms with E-state index in [1.807, 2.05) is 0 Å². The Balaban J connectivity index is 1.48. The van der Waals surface area contributed by atoms with Crippen LogP contribution in [0.4, 0.5) is 29.3 Å². The van der Waals surface area contributed by atoms with Gasteiger partial charge in [0.2, 0.25) is 10.0 Å². The van der Waals surface area contributed by atoms with Crippen LogP contribution in [0.25, 0.3) is 0 Å². The van der Waals surface area contributed by atoms with Gasteiger partial charge in [0.15, 0.2) is 11.5 Å². The molecule has 5 rings (SSSR count). The van der Waals surface area contributed by atoms with Gasteiger partial charge in [-0.15, -0.1) is 13.2 Å². The lowest BCUT2D eigenvalue weighted by molar-refractivity contribution is -0.274. The number of anilines is 2. The number of nitrogens with one attached hydrogen (secondary N) is 1. The van der Waals surface area contributed by atoms with Crippen LogP contribution in [0.5, 0.6) is 17.2 Å². The van der Waals surface area contributed by atoms with Crippen LogP contribution in [0.15, 0.2) is 77.7 Å². The minimum absolute atomic E-state index is 0.0157. The highest BCUT2D eigenvalue weighted by Gasteiger charge is 2.45. The minimum Gasteiger partial charge on any atom is -0.453 e. The SMILES string of the molecule is COC(=O)N1C[C@@H](N2c3ccccc3Oc3ccccc32)[C@@H](O)[C@H](NS(=O)(=O)c2ccc(OC(F)(F)F)cc2)C1. The highest BCUT2D eigenvalue weighted by Crippen LogP contribution is 2.48. The van der Waals surface area contributed by atoms with Crippen molar-refractivity contribution in [1.82, 2.24) is 9.62 Å². The van der Waals surface area contributed by atoms with Crippen molar-refractivity contribution in [2.24, 2.45) is 0 Å². The summed E-state index contributed by atoms with van der Waals surface area (Å²) in [4.78, 5) is 15.3. The van der Waals surface area contributed by atoms with E-state index in [0.29, 0.717) is 22.9 Å². The molecule has 0 radical (unpaired) electrons. The van der Waals surface area contributed by atoms with E-state index in [-0.39, 0.29) is 18.0 Å². The second-order valence-electron chi connectivity index (χ2n) is 9.09. The van der Waals surface area contributed by atoms with Crippen molar-refractivity contribution in [1.29, 1.82) is 0 Å². The Bertz CT molecular complexity index is 1460. The van der Waals surface area contributed by atoms with E-state index in [9.17, 15) is 31.5 Å². The van der Waals surface area contributed by atoms with Gasteiger partial charge in [0, 0.05) is 13.1 Å². The largest absolute Gasteiger partial charge is 0.573 e. The number of nitrogens with zero attached hydrogens (tertiary/aromatic N) is 2. The molecule has 2 aliphatic rings. The van der Waals surface area contributed by atoms with Gasteiger partial charge in [-0.05, 0) is 48.5 Å². The fraction of sp³-hybridized carbons (Fsp3) is 0.269. The molecule has 0 spiro atoms. The first-order valence-electron chi connectivity index (χ1n) is 12.0. The van der Waals surface area contributed by atoms with Crippen LogP contribution in [-0.2, 0) is 14.8 Å². The third kappa shape index (κ3) is 5.50. The summed E-state index contributed by atoms with van der Waals surface area (Å²) in [6, 6.07) is 15.7. The fourth-order valence-corrected chi connectivity index (χ4v) is 6.06. The van der Waals surface area contributed by atoms with Gasteiger partial charge in [-0.1, -0.05) is 24.3 Å². The van der Waals surface area contributed by atoms with Crippen LogP contribution in [-0.4, -0.2) is 69.3 Å². The number of aliphatic hydroxyl groups excluding tert-OH is 1. The van der Waals surface area contributed by atoms with Crippen molar-refractivity contribution >= 4 is 27.5 Å². The molecular weight excluding hydrogens is 555 g/mol. The second kappa shape index (κ2) is 10.5. The van der Waals surface area contributed by atoms with Gasteiger partial charge in [-0.3, -0.25) is 0 Å². The Morgan fingerprint density at radius 3 is 2.10 bits per heavy atom. The number of piperidine rings is 1. The van der Waals surface area contributed by atoms with E-state index in [2.05, 4.69) is 9.46 Å². The predicted molar refractivity (Wildman–Crippen MR) is 136 cm³/mol. The van der Waals surface area contributed by atoms with Crippen molar-refractivity contribution in [2.45, 2.75) is 29.4 Å². The zero-order valence-electron chi connectivity index (χ0n) is 20.9. The number of benzene rings is 3. The molecule has 14 heteroatoms. The Morgan fingerprint density at radius 2 is 1.55 bits per heavy atom. The molecule has 0 unspecified atom stereocenters. The molecule has 3 aromatic rings. The monoisotopic (exact) mass is 579 g/mol. The van der Waals surface area contributed by atoms with E-state index in [0.717, 1.165) is 24.3 Å². The van der Waals surface area contributed by atoms with Gasteiger partial charge >= 0.3 is 12.5 Å². The van der Waals surface area contributed by atoms with E-state index in [1.54, 1.807) is 53.4 Å². The van der Waals surface area contributed by atoms with Crippen LogP contribution in [0.2, 0.25) is 0 Å². The first-order valence-corrected chi connectivity index (χ1v) is 13.5. The first-order chi connectivity index (χ1) is 19.0. The molecule has 2 N–H and O–H groups in total. The third-order valence-corrected chi connectivity index (χ3v) is 8.04. The molecular formula is C26H24F3N3O7S. The fourth-order valence-electron chi connectivity index (χ4n) is 4.82. The van der Waals surface area contributed by atoms with Crippen molar-refractivity contribution < 1.29 is 45.7 Å². The highest BCUT2D eigenvalue weighted by atomic mass is 32.2. The number of carbonyl (C=O) groups excluding carboxylic acids is 1. The van der Waals surface area contributed by atoms with E-state index >= 15 is 0 Å². The minimum atomic E-state index is -4.94. The second-order valence-corrected chi connectivity index (χ2v) is 10.8. The Kier molecular flexibility index (Phi) is 7.25. The van der Waals surface area contributed by atoms with Gasteiger partial charge in [0.1, 0.15) is 5.75 Å². The number of para-hydroxylation sites is 4. The summed E-state index contributed by atoms with van der Waals surface area (Å²) < 4.78 is 81.0. The molecule has 0 aliphatic carbocycles. The molecule has 2 aliphatic heterocycles. The Hall–Kier alpha value is -4.01. The summed E-state index contributed by atoms with van der Waals surface area (Å²) in [5.74, 6) is 0.412. The average Bonchev–Trinajstić information content (AvgIpc) is 2.92. The number of ether oxygens (including phenoxy) is 3. The van der Waals surface area contributed by atoms with Crippen molar-refractivity contribution in [2.75, 3.05) is 25.1 Å². The van der Waals surface area contributed by atoms with Crippen LogP contribution in [0, 0.1) is 0 Å². The van der Waals surface area contributed by atoms with Crippen molar-refractivity contribution in [3.63, 3.8) is 0 Å². The standard InChI is InChI=1S/C26H24F3N3O7S/c1-37-25(34)31-14-18(30-40(35,36)17-12-10-16(11-13-17)39-26(27,28)29)24(33)21(15-31)32-19-6-2-4-8-22(19)38-23-9-5-3-7-20(23)32/h2-13,18,21,24,30,33H,14-15H2,1H3/t18-,21-,24+/m1/s1. The normalized spacial score (nSPS) is 20.7. The zero-order chi connectivity index (χ0) is 28.7. The number of methoxy groups -OCH3 is 1. The lowest BCUT2D eigenvalue weighted by Gasteiger charge is -2.47. The number of likely N-dealkylation sites (tertiary alicyclic amines) is 1. The van der Waals surface area contributed by atoms with Gasteiger partial charge in [0.05, 0.1) is 41.6 Å². The first kappa shape index (κ1) is 27.6. The number of amides is 1. The summed E-state index contributed by atoms with van der Waals surface area (Å²) in [5.41, 5.74) is 1.19. The molecule has 0 aromatic heterocycles. The lowest BCUT2D eigenvalue weighted by Crippen LogP contribution is -2.66. The number of hydrogen-bond acceptors (Lipinski definition) is 8. The number of fused-ring (bicyclic) bond motifs is 2. The molecule has 0 saturated carbocycles. The van der Waals surface area contributed by atoms with Gasteiger partial charge < -0.3 is 29.1 Å². The van der Waals surface area contributed by atoms with Crippen molar-refractivity contribution in [3.8, 4) is 17.2 Å². The lowest BCUT2D eigenvalue weighted by atomic mass is 9.94. The average molecular weight is 580 g/mol. The third-order valence-electron chi connectivity index (χ3n) is 6.54. The maximum Gasteiger partial charge on any atom is 0.573 e. The van der Waals surface area contributed by atoms with Crippen LogP contribution < -0.4 is 19.1 Å². The van der Waals surface area contributed by atoms with Crippen LogP contribution in [0.3, 0.4) is 0 Å². The molecule has 10 nitrogen and oxygen atoms in total. The molecule has 1 fully saturated rings. The molecule has 2 heterocycles. The number of hydrogen-bond donors (Lipinski definition) is 2. The Labute approximate surface area is 227 Å². The molecule has 3 atom stereocenters. The smallest absolute Gasteiger partial charge is 0.453 e. The number of halogens is 3. The van der Waals surface area contributed by atoms with Gasteiger partial charge in [-0.25, -0.2) is 17.9 Å². The Morgan fingerprint density at radius 1 is 0.975 bits per heavy atom. The zero-order valence-corrected chi connectivity index (χ0v) is 21.7. The molecule has 1 amide bonds. The maximum absolute atomic E-state index is 13.2.